The highest BCUT2D eigenvalue weighted by molar-refractivity contribution is 5.79. The molecule has 3 heterocycles. The van der Waals surface area contributed by atoms with E-state index >= 15 is 0 Å². The number of ether oxygens (including phenoxy) is 1. The molecule has 142 valence electrons. The summed E-state index contributed by atoms with van der Waals surface area (Å²) in [5.41, 5.74) is -0.372. The molecule has 1 aliphatic rings. The molecule has 27 heavy (non-hydrogen) atoms. The lowest BCUT2D eigenvalue weighted by atomic mass is 10.1. The van der Waals surface area contributed by atoms with E-state index in [0.717, 1.165) is 15.2 Å². The van der Waals surface area contributed by atoms with Gasteiger partial charge in [-0.05, 0) is 12.1 Å². The minimum absolute atomic E-state index is 0.135. The molecule has 2 aromatic heterocycles. The minimum Gasteiger partial charge on any atom is -0.394 e. The Labute approximate surface area is 151 Å². The zero-order valence-corrected chi connectivity index (χ0v) is 14.0. The summed E-state index contributed by atoms with van der Waals surface area (Å²) in [4.78, 5) is 25.1. The predicted octanol–water partition coefficient (Wildman–Crippen LogP) is -1.19. The third-order valence-corrected chi connectivity index (χ3v) is 4.65. The third kappa shape index (κ3) is 2.88. The van der Waals surface area contributed by atoms with Crippen LogP contribution in [-0.2, 0) is 11.3 Å². The molecule has 0 aliphatic carbocycles. The Morgan fingerprint density at radius 1 is 1.11 bits per heavy atom. The standard InChI is InChI=1S/C17H17N3O7/c21-8-12-14(23)15(24)16(26-12)19-6-5-13(22)20(17(19)25)7-10-9-3-1-2-4-11(9)27-18-10/h1-6,12,14-16,21,23-24H,7-8H2/t12-,14+,15+,16-/m1/s1. The quantitative estimate of drug-likeness (QED) is 0.517. The van der Waals surface area contributed by atoms with E-state index in [0.29, 0.717) is 16.7 Å². The van der Waals surface area contributed by atoms with Crippen molar-refractivity contribution in [3.63, 3.8) is 0 Å². The summed E-state index contributed by atoms with van der Waals surface area (Å²) in [5, 5.41) is 33.8. The molecule has 1 aromatic carbocycles. The van der Waals surface area contributed by atoms with E-state index in [1.54, 1.807) is 24.3 Å². The van der Waals surface area contributed by atoms with Crippen LogP contribution in [0.2, 0.25) is 0 Å². The van der Waals surface area contributed by atoms with Gasteiger partial charge in [0.25, 0.3) is 5.56 Å². The van der Waals surface area contributed by atoms with Crippen molar-refractivity contribution in [1.29, 1.82) is 0 Å². The zero-order valence-electron chi connectivity index (χ0n) is 14.0. The van der Waals surface area contributed by atoms with E-state index in [9.17, 15) is 24.9 Å². The number of nitrogens with zero attached hydrogens (tertiary/aromatic N) is 3. The molecule has 1 fully saturated rings. The lowest BCUT2D eigenvalue weighted by molar-refractivity contribution is -0.0555. The maximum absolute atomic E-state index is 12.8. The smallest absolute Gasteiger partial charge is 0.333 e. The first-order valence-corrected chi connectivity index (χ1v) is 8.29. The molecular weight excluding hydrogens is 358 g/mol. The second-order valence-corrected chi connectivity index (χ2v) is 6.28. The van der Waals surface area contributed by atoms with Crippen LogP contribution in [0.15, 0.2) is 50.6 Å². The number of hydrogen-bond donors (Lipinski definition) is 3. The summed E-state index contributed by atoms with van der Waals surface area (Å²) in [7, 11) is 0. The van der Waals surface area contributed by atoms with Crippen LogP contribution < -0.4 is 11.2 Å². The Hall–Kier alpha value is -2.79. The fourth-order valence-corrected chi connectivity index (χ4v) is 3.18. The first-order chi connectivity index (χ1) is 13.0. The highest BCUT2D eigenvalue weighted by Gasteiger charge is 2.43. The molecule has 0 amide bonds. The van der Waals surface area contributed by atoms with Crippen molar-refractivity contribution in [3.05, 3.63) is 63.1 Å². The van der Waals surface area contributed by atoms with Crippen molar-refractivity contribution in [3.8, 4) is 0 Å². The first kappa shape index (κ1) is 17.6. The Morgan fingerprint density at radius 2 is 1.89 bits per heavy atom. The molecule has 0 radical (unpaired) electrons. The highest BCUT2D eigenvalue weighted by atomic mass is 16.6. The molecule has 10 nitrogen and oxygen atoms in total. The Morgan fingerprint density at radius 3 is 2.63 bits per heavy atom. The molecule has 0 unspecified atom stereocenters. The second kappa shape index (κ2) is 6.74. The minimum atomic E-state index is -1.43. The Balaban J connectivity index is 1.74. The largest absolute Gasteiger partial charge is 0.394 e. The highest BCUT2D eigenvalue weighted by Crippen LogP contribution is 2.27. The van der Waals surface area contributed by atoms with E-state index in [2.05, 4.69) is 5.16 Å². The number of rotatable bonds is 4. The lowest BCUT2D eigenvalue weighted by Gasteiger charge is -2.18. The molecule has 0 saturated carbocycles. The number of hydrogen-bond acceptors (Lipinski definition) is 8. The van der Waals surface area contributed by atoms with Gasteiger partial charge < -0.3 is 24.6 Å². The van der Waals surface area contributed by atoms with Crippen LogP contribution in [0.3, 0.4) is 0 Å². The lowest BCUT2D eigenvalue weighted by Crippen LogP contribution is -2.43. The second-order valence-electron chi connectivity index (χ2n) is 6.28. The fourth-order valence-electron chi connectivity index (χ4n) is 3.18. The van der Waals surface area contributed by atoms with Crippen molar-refractivity contribution in [2.45, 2.75) is 31.1 Å². The molecule has 3 N–H and O–H groups in total. The van der Waals surface area contributed by atoms with Crippen molar-refractivity contribution in [2.75, 3.05) is 6.61 Å². The van der Waals surface area contributed by atoms with Gasteiger partial charge in [-0.25, -0.2) is 4.79 Å². The monoisotopic (exact) mass is 375 g/mol. The number of aliphatic hydroxyl groups excluding tert-OH is 3. The fraction of sp³-hybridized carbons (Fsp3) is 0.353. The molecule has 4 atom stereocenters. The van der Waals surface area contributed by atoms with Gasteiger partial charge in [-0.2, -0.15) is 0 Å². The molecule has 1 saturated heterocycles. The topological polar surface area (TPSA) is 140 Å². The van der Waals surface area contributed by atoms with Crippen LogP contribution in [0.1, 0.15) is 11.9 Å². The SMILES string of the molecule is O=c1ccn([C@@H]2O[C@H](CO)[C@H](O)[C@@H]2O)c(=O)n1Cc1noc2ccccc12. The summed E-state index contributed by atoms with van der Waals surface area (Å²) in [5.74, 6) is 0. The van der Waals surface area contributed by atoms with Crippen molar-refractivity contribution in [1.82, 2.24) is 14.3 Å². The van der Waals surface area contributed by atoms with Crippen LogP contribution in [0.25, 0.3) is 11.0 Å². The number of para-hydroxylation sites is 1. The van der Waals surface area contributed by atoms with Gasteiger partial charge in [0.15, 0.2) is 11.8 Å². The Bertz CT molecular complexity index is 1090. The van der Waals surface area contributed by atoms with Gasteiger partial charge in [-0.15, -0.1) is 0 Å². The van der Waals surface area contributed by atoms with Gasteiger partial charge in [-0.1, -0.05) is 17.3 Å². The van der Waals surface area contributed by atoms with E-state index in [-0.39, 0.29) is 6.54 Å². The average molecular weight is 375 g/mol. The van der Waals surface area contributed by atoms with E-state index in [1.165, 1.54) is 6.20 Å². The van der Waals surface area contributed by atoms with Crippen LogP contribution >= 0.6 is 0 Å². The van der Waals surface area contributed by atoms with Gasteiger partial charge in [0.2, 0.25) is 0 Å². The van der Waals surface area contributed by atoms with Gasteiger partial charge in [0.05, 0.1) is 13.2 Å². The summed E-state index contributed by atoms with van der Waals surface area (Å²) >= 11 is 0. The van der Waals surface area contributed by atoms with Crippen molar-refractivity contribution >= 4 is 11.0 Å². The van der Waals surface area contributed by atoms with E-state index < -0.39 is 42.4 Å². The van der Waals surface area contributed by atoms with Gasteiger partial charge in [0, 0.05) is 17.6 Å². The molecule has 3 aromatic rings. The molecule has 1 aliphatic heterocycles. The van der Waals surface area contributed by atoms with Crippen LogP contribution in [0.5, 0.6) is 0 Å². The van der Waals surface area contributed by atoms with Crippen molar-refractivity contribution < 1.29 is 24.6 Å². The maximum Gasteiger partial charge on any atom is 0.333 e. The van der Waals surface area contributed by atoms with Crippen LogP contribution in [-0.4, -0.2) is 54.5 Å². The summed E-state index contributed by atoms with van der Waals surface area (Å²) in [6.07, 6.45) is -3.87. The maximum atomic E-state index is 12.8. The molecule has 10 heteroatoms. The van der Waals surface area contributed by atoms with Gasteiger partial charge in [0.1, 0.15) is 24.0 Å². The summed E-state index contributed by atoms with van der Waals surface area (Å²) in [6.45, 7) is -0.654. The predicted molar refractivity (Wildman–Crippen MR) is 91.1 cm³/mol. The van der Waals surface area contributed by atoms with Crippen LogP contribution in [0.4, 0.5) is 0 Å². The Kier molecular flexibility index (Phi) is 4.40. The number of benzene rings is 1. The average Bonchev–Trinajstić information content (AvgIpc) is 3.21. The normalized spacial score (nSPS) is 25.3. The first-order valence-electron chi connectivity index (χ1n) is 8.29. The molecule has 0 spiro atoms. The number of aromatic nitrogens is 3. The van der Waals surface area contributed by atoms with Crippen molar-refractivity contribution in [2.24, 2.45) is 0 Å². The molecule has 4 rings (SSSR count). The van der Waals surface area contributed by atoms with E-state index in [1.807, 2.05) is 0 Å². The van der Waals surface area contributed by atoms with Gasteiger partial charge in [-0.3, -0.25) is 13.9 Å². The summed E-state index contributed by atoms with van der Waals surface area (Å²) < 4.78 is 12.5. The van der Waals surface area contributed by atoms with Gasteiger partial charge >= 0.3 is 5.69 Å². The third-order valence-electron chi connectivity index (χ3n) is 4.65. The molecular formula is C17H17N3O7. The van der Waals surface area contributed by atoms with Crippen LogP contribution in [0, 0.1) is 0 Å². The number of fused-ring (bicyclic) bond motifs is 1. The molecule has 0 bridgehead atoms. The van der Waals surface area contributed by atoms with E-state index in [4.69, 9.17) is 9.26 Å². The zero-order chi connectivity index (χ0) is 19.1. The number of aliphatic hydroxyl groups is 3. The summed E-state index contributed by atoms with van der Waals surface area (Å²) in [6, 6.07) is 8.20.